The van der Waals surface area contributed by atoms with Crippen LogP contribution in [0.25, 0.3) is 6.08 Å². The van der Waals surface area contributed by atoms with E-state index >= 15 is 0 Å². The fourth-order valence-electron chi connectivity index (χ4n) is 2.00. The third kappa shape index (κ3) is 7.42. The summed E-state index contributed by atoms with van der Waals surface area (Å²) in [7, 11) is -3.59. The second-order valence-corrected chi connectivity index (χ2v) is 8.27. The van der Waals surface area contributed by atoms with Crippen molar-refractivity contribution in [2.75, 3.05) is 11.9 Å². The van der Waals surface area contributed by atoms with E-state index in [9.17, 15) is 13.2 Å². The zero-order chi connectivity index (χ0) is 18.8. The Morgan fingerprint density at radius 2 is 2.00 bits per heavy atom. The molecule has 1 heterocycles. The van der Waals surface area contributed by atoms with Crippen molar-refractivity contribution in [3.63, 3.8) is 0 Å². The number of aromatic nitrogens is 2. The summed E-state index contributed by atoms with van der Waals surface area (Å²) in [5, 5.41) is 13.0. The Morgan fingerprint density at radius 3 is 2.73 bits per heavy atom. The number of rotatable bonds is 10. The Labute approximate surface area is 157 Å². The first-order chi connectivity index (χ1) is 12.5. The number of aryl methyl sites for hydroxylation is 1. The first-order valence-corrected chi connectivity index (χ1v) is 10.7. The van der Waals surface area contributed by atoms with Gasteiger partial charge in [0.1, 0.15) is 5.01 Å². The van der Waals surface area contributed by atoms with Gasteiger partial charge in [0.15, 0.2) is 0 Å². The van der Waals surface area contributed by atoms with Crippen molar-refractivity contribution < 1.29 is 13.2 Å². The van der Waals surface area contributed by atoms with Crippen LogP contribution in [0.4, 0.5) is 5.13 Å². The molecule has 1 aromatic heterocycles. The average Bonchev–Trinajstić information content (AvgIpc) is 3.06. The van der Waals surface area contributed by atoms with E-state index in [0.29, 0.717) is 5.13 Å². The summed E-state index contributed by atoms with van der Waals surface area (Å²) in [4.78, 5) is 11.9. The van der Waals surface area contributed by atoms with Gasteiger partial charge in [-0.3, -0.25) is 4.79 Å². The van der Waals surface area contributed by atoms with Crippen LogP contribution in [-0.2, 0) is 21.2 Å². The predicted octanol–water partition coefficient (Wildman–Crippen LogP) is 2.80. The molecule has 1 amide bonds. The van der Waals surface area contributed by atoms with Gasteiger partial charge in [0.05, 0.1) is 0 Å². The number of hydrogen-bond donors (Lipinski definition) is 2. The molecular formula is C17H22N4O3S2. The Morgan fingerprint density at radius 1 is 1.23 bits per heavy atom. The van der Waals surface area contributed by atoms with E-state index in [4.69, 9.17) is 0 Å². The summed E-state index contributed by atoms with van der Waals surface area (Å²) < 4.78 is 26.2. The molecule has 0 atom stereocenters. The fourth-order valence-corrected chi connectivity index (χ4v) is 3.62. The Bertz CT molecular complexity index is 833. The lowest BCUT2D eigenvalue weighted by atomic mass is 10.2. The predicted molar refractivity (Wildman–Crippen MR) is 104 cm³/mol. The monoisotopic (exact) mass is 394 g/mol. The van der Waals surface area contributed by atoms with Crippen molar-refractivity contribution in [2.45, 2.75) is 32.6 Å². The Kier molecular flexibility index (Phi) is 7.89. The van der Waals surface area contributed by atoms with Gasteiger partial charge in [0.25, 0.3) is 0 Å². The van der Waals surface area contributed by atoms with E-state index in [-0.39, 0.29) is 18.9 Å². The van der Waals surface area contributed by atoms with Crippen LogP contribution in [-0.4, -0.2) is 31.1 Å². The lowest BCUT2D eigenvalue weighted by molar-refractivity contribution is -0.116. The van der Waals surface area contributed by atoms with Gasteiger partial charge >= 0.3 is 0 Å². The molecule has 0 saturated carbocycles. The molecular weight excluding hydrogens is 372 g/mol. The normalized spacial score (nSPS) is 11.7. The maximum Gasteiger partial charge on any atom is 0.233 e. The van der Waals surface area contributed by atoms with Crippen LogP contribution >= 0.6 is 11.3 Å². The first kappa shape index (κ1) is 20.2. The van der Waals surface area contributed by atoms with Crippen molar-refractivity contribution in [1.29, 1.82) is 0 Å². The number of unbranched alkanes of at least 4 members (excludes halogenated alkanes) is 1. The molecule has 0 aliphatic rings. The van der Waals surface area contributed by atoms with Gasteiger partial charge in [-0.25, -0.2) is 13.1 Å². The maximum atomic E-state index is 11.9. The summed E-state index contributed by atoms with van der Waals surface area (Å²) in [6, 6.07) is 9.11. The number of carbonyl (C=O) groups is 1. The van der Waals surface area contributed by atoms with Crippen LogP contribution in [0.15, 0.2) is 35.7 Å². The summed E-state index contributed by atoms with van der Waals surface area (Å²) in [5.74, 6) is -0.307. The molecule has 9 heteroatoms. The molecule has 0 fully saturated rings. The quantitative estimate of drug-likeness (QED) is 0.645. The molecule has 0 saturated heterocycles. The van der Waals surface area contributed by atoms with Crippen molar-refractivity contribution >= 4 is 38.5 Å². The van der Waals surface area contributed by atoms with E-state index < -0.39 is 10.0 Å². The maximum absolute atomic E-state index is 11.9. The molecule has 0 unspecified atom stereocenters. The number of benzene rings is 1. The van der Waals surface area contributed by atoms with E-state index in [1.165, 1.54) is 17.4 Å². The highest BCUT2D eigenvalue weighted by atomic mass is 32.2. The molecule has 2 aromatic rings. The molecule has 0 aliphatic carbocycles. The molecule has 7 nitrogen and oxygen atoms in total. The van der Waals surface area contributed by atoms with Crippen molar-refractivity contribution in [1.82, 2.24) is 14.9 Å². The summed E-state index contributed by atoms with van der Waals surface area (Å²) in [5.41, 5.74) is 0.783. The summed E-state index contributed by atoms with van der Waals surface area (Å²) >= 11 is 1.34. The van der Waals surface area contributed by atoms with Gasteiger partial charge in [0.2, 0.25) is 21.1 Å². The van der Waals surface area contributed by atoms with Gasteiger partial charge < -0.3 is 5.32 Å². The van der Waals surface area contributed by atoms with Crippen LogP contribution in [0, 0.1) is 0 Å². The van der Waals surface area contributed by atoms with Crippen molar-refractivity contribution in [2.24, 2.45) is 0 Å². The fraction of sp³-hybridized carbons (Fsp3) is 0.353. The highest BCUT2D eigenvalue weighted by Crippen LogP contribution is 2.17. The van der Waals surface area contributed by atoms with Crippen LogP contribution in [0.1, 0.15) is 36.8 Å². The highest BCUT2D eigenvalue weighted by molar-refractivity contribution is 7.92. The average molecular weight is 395 g/mol. The van der Waals surface area contributed by atoms with Gasteiger partial charge in [-0.05, 0) is 18.1 Å². The smallest absolute Gasteiger partial charge is 0.233 e. The molecule has 2 rings (SSSR count). The minimum atomic E-state index is -3.59. The molecule has 0 radical (unpaired) electrons. The number of sulfonamides is 1. The second-order valence-electron chi connectivity index (χ2n) is 5.56. The second kappa shape index (κ2) is 10.1. The first-order valence-electron chi connectivity index (χ1n) is 8.33. The molecule has 26 heavy (non-hydrogen) atoms. The van der Waals surface area contributed by atoms with E-state index in [2.05, 4.69) is 27.2 Å². The van der Waals surface area contributed by atoms with Crippen LogP contribution in [0.5, 0.6) is 0 Å². The lowest BCUT2D eigenvalue weighted by Gasteiger charge is -2.03. The summed E-state index contributed by atoms with van der Waals surface area (Å²) in [6.07, 6.45) is 4.46. The lowest BCUT2D eigenvalue weighted by Crippen LogP contribution is -2.26. The van der Waals surface area contributed by atoms with E-state index in [0.717, 1.165) is 35.2 Å². The van der Waals surface area contributed by atoms with E-state index in [1.54, 1.807) is 12.1 Å². The van der Waals surface area contributed by atoms with Crippen LogP contribution in [0.3, 0.4) is 0 Å². The van der Waals surface area contributed by atoms with Gasteiger partial charge in [0, 0.05) is 24.8 Å². The number of hydrogen-bond acceptors (Lipinski definition) is 6. The topological polar surface area (TPSA) is 101 Å². The van der Waals surface area contributed by atoms with Gasteiger partial charge in [-0.2, -0.15) is 0 Å². The zero-order valence-electron chi connectivity index (χ0n) is 14.5. The third-order valence-corrected chi connectivity index (χ3v) is 5.35. The number of anilines is 1. The Hall–Kier alpha value is -2.10. The number of carbonyl (C=O) groups excluding carboxylic acids is 1. The van der Waals surface area contributed by atoms with Crippen LogP contribution < -0.4 is 10.0 Å². The molecule has 2 N–H and O–H groups in total. The number of amides is 1. The number of nitrogens with zero attached hydrogens (tertiary/aromatic N) is 2. The molecule has 1 aromatic carbocycles. The molecule has 0 aliphatic heterocycles. The van der Waals surface area contributed by atoms with E-state index in [1.807, 2.05) is 18.2 Å². The van der Waals surface area contributed by atoms with Gasteiger partial charge in [-0.1, -0.05) is 55.0 Å². The third-order valence-electron chi connectivity index (χ3n) is 3.35. The standard InChI is InChI=1S/C17H22N4O3S2/c1-2-3-9-16-20-21-17(25-16)19-15(22)10-12-18-26(23,24)13-11-14-7-5-4-6-8-14/h4-8,11,13,18H,2-3,9-10,12H2,1H3,(H,19,21,22)/b13-11+. The Balaban J connectivity index is 1.75. The summed E-state index contributed by atoms with van der Waals surface area (Å²) in [6.45, 7) is 2.11. The molecule has 140 valence electrons. The molecule has 0 spiro atoms. The zero-order valence-corrected chi connectivity index (χ0v) is 16.1. The van der Waals surface area contributed by atoms with Crippen molar-refractivity contribution in [3.8, 4) is 0 Å². The minimum absolute atomic E-state index is 0.00872. The van der Waals surface area contributed by atoms with Crippen LogP contribution in [0.2, 0.25) is 0 Å². The van der Waals surface area contributed by atoms with Gasteiger partial charge in [-0.15, -0.1) is 10.2 Å². The minimum Gasteiger partial charge on any atom is -0.300 e. The number of nitrogens with one attached hydrogen (secondary N) is 2. The van der Waals surface area contributed by atoms with Crippen molar-refractivity contribution in [3.05, 3.63) is 46.3 Å². The highest BCUT2D eigenvalue weighted by Gasteiger charge is 2.10. The molecule has 0 bridgehead atoms. The largest absolute Gasteiger partial charge is 0.300 e. The SMILES string of the molecule is CCCCc1nnc(NC(=O)CCNS(=O)(=O)/C=C/c2ccccc2)s1.